The van der Waals surface area contributed by atoms with Crippen molar-refractivity contribution in [1.82, 2.24) is 24.5 Å². The van der Waals surface area contributed by atoms with Crippen LogP contribution in [0.5, 0.6) is 0 Å². The number of hydrogen-bond donors (Lipinski definition) is 0. The van der Waals surface area contributed by atoms with Gasteiger partial charge in [-0.3, -0.25) is 24.5 Å². The third-order valence-corrected chi connectivity index (χ3v) is 28.0. The number of nitrogens with zero attached hydrogens (tertiary/aromatic N) is 10. The molecule has 105 heavy (non-hydrogen) atoms. The van der Waals surface area contributed by atoms with Gasteiger partial charge in [0.25, 0.3) is 0 Å². The molecule has 0 spiro atoms. The summed E-state index contributed by atoms with van der Waals surface area (Å²) in [4.78, 5) is 31.1. The second-order valence-corrected chi connectivity index (χ2v) is 39.9. The molecule has 570 valence electrons. The molecule has 0 N–H and O–H groups in total. The SMILES string of the molecule is [C-]#[N+]CC1(C(C)(C)C)CCN(Cc2ccc(F)cc2)CC1.[C-]#[N+]CC1(C(C)(C)C)CCN(Cc2ccc(I)cc2)CC1.[C-]#[N+]CC1(C(C)(C)C)CCN(Cc2cccc(F)c2)CC1.[C-]#[N+]CC1(C(C)(C)C)CCN(Cc2cccc(I)c2)CC1.[C-]#[N+]CC1(C(C)(C)C)CCN(Cc2ccccc2I)CC1. The zero-order chi connectivity index (χ0) is 77.6. The molecule has 5 aliphatic rings. The maximum absolute atomic E-state index is 13.2. The summed E-state index contributed by atoms with van der Waals surface area (Å²) in [7, 11) is 0. The van der Waals surface area contributed by atoms with Gasteiger partial charge in [-0.05, 0) is 307 Å². The molecule has 10 rings (SSSR count). The van der Waals surface area contributed by atoms with E-state index in [1.807, 2.05) is 18.2 Å². The Morgan fingerprint density at radius 3 is 0.867 bits per heavy atom. The Labute approximate surface area is 676 Å². The second-order valence-electron chi connectivity index (χ2n) is 36.2. The summed E-state index contributed by atoms with van der Waals surface area (Å²) in [5.74, 6) is -0.345. The van der Waals surface area contributed by atoms with Crippen molar-refractivity contribution in [3.8, 4) is 0 Å². The predicted molar refractivity (Wildman–Crippen MR) is 460 cm³/mol. The fourth-order valence-corrected chi connectivity index (χ4v) is 18.1. The standard InChI is InChI=1S/2C18H25FN2.3C18H25IN2/c1-17(2,3)18(14-20-4)9-11-21(12-10-18)13-15-5-7-16(19)8-6-15;1-17(2,3)18(14-20-4)8-10-21(11-9-18)13-15-6-5-7-16(19)12-15;1-17(2,3)18(14-20-4)9-11-21(12-10-18)13-15-5-7-16(19)8-6-15;1-17(2,3)18(14-20-4)8-10-21(11-9-18)13-15-6-5-7-16(19)12-15;1-17(2,3)18(14-20-4)9-11-21(12-10-18)13-15-7-5-6-8-16(15)19/h5-8H,9-14H2,1-3H3;5-7,12H,8-11,13-14H2,1-3H3;5-8H,9-14H2,1-3H3;5-7,12H,8-11,13-14H2,1-3H3;5-8H,9-14H2,1-3H3. The summed E-state index contributed by atoms with van der Waals surface area (Å²) in [5, 5.41) is 0. The summed E-state index contributed by atoms with van der Waals surface area (Å²) in [6, 6.07) is 39.8. The Hall–Kier alpha value is -4.60. The fourth-order valence-electron chi connectivity index (χ4n) is 16.5. The van der Waals surface area contributed by atoms with Crippen LogP contribution in [0.4, 0.5) is 8.78 Å². The molecular formula is C90H125F2I3N10. The molecule has 0 amide bonds. The largest absolute Gasteiger partial charge is 0.316 e. The number of likely N-dealkylation sites (tertiary alicyclic amines) is 5. The van der Waals surface area contributed by atoms with Gasteiger partial charge in [-0.2, -0.15) is 0 Å². The monoisotopic (exact) mass is 1760 g/mol. The van der Waals surface area contributed by atoms with Crippen molar-refractivity contribution in [3.05, 3.63) is 229 Å². The Kier molecular flexibility index (Phi) is 33.9. The fraction of sp³-hybridized carbons (Fsp3) is 0.611. The van der Waals surface area contributed by atoms with Crippen molar-refractivity contribution >= 4 is 67.8 Å². The first-order valence-electron chi connectivity index (χ1n) is 38.3. The van der Waals surface area contributed by atoms with E-state index < -0.39 is 0 Å². The molecular weight excluding hydrogens is 1640 g/mol. The highest BCUT2D eigenvalue weighted by Gasteiger charge is 2.51. The molecule has 5 aromatic carbocycles. The van der Waals surface area contributed by atoms with Gasteiger partial charge in [-0.15, -0.1) is 0 Å². The third kappa shape index (κ3) is 25.7. The first-order chi connectivity index (χ1) is 49.3. The molecule has 5 aromatic rings. The van der Waals surface area contributed by atoms with E-state index in [4.69, 9.17) is 32.9 Å². The van der Waals surface area contributed by atoms with E-state index in [0.717, 1.165) is 174 Å². The lowest BCUT2D eigenvalue weighted by atomic mass is 9.61. The minimum absolute atomic E-state index is 0.118. The second kappa shape index (κ2) is 39.9. The van der Waals surface area contributed by atoms with Crippen LogP contribution in [0.15, 0.2) is 121 Å². The highest BCUT2D eigenvalue weighted by molar-refractivity contribution is 14.1. The molecule has 0 atom stereocenters. The molecule has 5 fully saturated rings. The number of piperidine rings is 5. The van der Waals surface area contributed by atoms with Crippen molar-refractivity contribution in [2.75, 3.05) is 98.2 Å². The van der Waals surface area contributed by atoms with Gasteiger partial charge >= 0.3 is 0 Å². The normalized spacial score (nSPS) is 19.2. The maximum atomic E-state index is 13.2. The van der Waals surface area contributed by atoms with E-state index in [-0.39, 0.29) is 65.8 Å². The van der Waals surface area contributed by atoms with Gasteiger partial charge < -0.3 is 24.2 Å². The molecule has 0 unspecified atom stereocenters. The van der Waals surface area contributed by atoms with Crippen molar-refractivity contribution in [2.45, 2.75) is 201 Å². The van der Waals surface area contributed by atoms with Crippen LogP contribution < -0.4 is 0 Å². The third-order valence-electron chi connectivity index (χ3n) is 25.5. The lowest BCUT2D eigenvalue weighted by Crippen LogP contribution is -2.48. The van der Waals surface area contributed by atoms with Crippen LogP contribution in [0, 0.1) is 109 Å². The number of rotatable bonds is 15. The van der Waals surface area contributed by atoms with Crippen LogP contribution >= 0.6 is 67.8 Å². The van der Waals surface area contributed by atoms with Crippen LogP contribution in [0.1, 0.15) is 196 Å². The van der Waals surface area contributed by atoms with Crippen LogP contribution in [0.2, 0.25) is 0 Å². The Bertz CT molecular complexity index is 3490. The van der Waals surface area contributed by atoms with E-state index in [1.54, 1.807) is 12.1 Å². The zero-order valence-corrected chi connectivity index (χ0v) is 73.1. The quantitative estimate of drug-likeness (QED) is 0.0771. The van der Waals surface area contributed by atoms with Gasteiger partial charge in [-0.1, -0.05) is 171 Å². The Morgan fingerprint density at radius 2 is 0.581 bits per heavy atom. The van der Waals surface area contributed by atoms with Gasteiger partial charge in [0.15, 0.2) is 0 Å². The summed E-state index contributed by atoms with van der Waals surface area (Å²) >= 11 is 7.15. The molecule has 0 aromatic heterocycles. The molecule has 0 saturated carbocycles. The van der Waals surface area contributed by atoms with Crippen LogP contribution in [-0.2, 0) is 32.7 Å². The highest BCUT2D eigenvalue weighted by atomic mass is 127. The zero-order valence-electron chi connectivity index (χ0n) is 66.6. The Balaban J connectivity index is 0.000000206. The molecule has 5 saturated heterocycles. The van der Waals surface area contributed by atoms with Gasteiger partial charge in [0.2, 0.25) is 32.7 Å². The van der Waals surface area contributed by atoms with Crippen molar-refractivity contribution in [1.29, 1.82) is 0 Å². The number of hydrogen-bond acceptors (Lipinski definition) is 5. The first-order valence-corrected chi connectivity index (χ1v) is 41.6. The van der Waals surface area contributed by atoms with E-state index >= 15 is 0 Å². The van der Waals surface area contributed by atoms with E-state index in [9.17, 15) is 8.78 Å². The van der Waals surface area contributed by atoms with Crippen molar-refractivity contribution < 1.29 is 8.78 Å². The lowest BCUT2D eigenvalue weighted by molar-refractivity contribution is 0.0172. The molecule has 15 heteroatoms. The molecule has 0 bridgehead atoms. The van der Waals surface area contributed by atoms with E-state index in [1.165, 1.54) is 45.6 Å². The lowest BCUT2D eigenvalue weighted by Gasteiger charge is -2.46. The van der Waals surface area contributed by atoms with Crippen LogP contribution in [0.3, 0.4) is 0 Å². The van der Waals surface area contributed by atoms with Crippen LogP contribution in [0.25, 0.3) is 24.2 Å². The maximum Gasteiger partial charge on any atom is 0.220 e. The predicted octanol–water partition coefficient (Wildman–Crippen LogP) is 23.3. The number of benzene rings is 5. The van der Waals surface area contributed by atoms with Crippen LogP contribution in [-0.4, -0.2) is 123 Å². The minimum Gasteiger partial charge on any atom is -0.316 e. The summed E-state index contributed by atoms with van der Waals surface area (Å²) in [6.07, 6.45) is 11.1. The van der Waals surface area contributed by atoms with E-state index in [2.05, 4.69) is 293 Å². The molecule has 0 aliphatic carbocycles. The van der Waals surface area contributed by atoms with Gasteiger partial charge in [0.1, 0.15) is 11.6 Å². The van der Waals surface area contributed by atoms with Gasteiger partial charge in [0, 0.05) is 70.5 Å². The topological polar surface area (TPSA) is 38.0 Å². The Morgan fingerprint density at radius 1 is 0.305 bits per heavy atom. The summed E-state index contributed by atoms with van der Waals surface area (Å²) in [5.41, 5.74) is 8.19. The first kappa shape index (κ1) is 89.3. The van der Waals surface area contributed by atoms with Gasteiger partial charge in [-0.25, -0.2) is 41.6 Å². The highest BCUT2D eigenvalue weighted by Crippen LogP contribution is 2.52. The summed E-state index contributed by atoms with van der Waals surface area (Å²) in [6.45, 7) is 89.4. The van der Waals surface area contributed by atoms with Crippen molar-refractivity contribution in [3.63, 3.8) is 0 Å². The smallest absolute Gasteiger partial charge is 0.220 e. The minimum atomic E-state index is -0.179. The van der Waals surface area contributed by atoms with Crippen molar-refractivity contribution in [2.24, 2.45) is 54.1 Å². The average Bonchev–Trinajstić information content (AvgIpc) is 0.812. The van der Waals surface area contributed by atoms with Gasteiger partial charge in [0.05, 0.1) is 0 Å². The number of halogens is 5. The molecule has 0 radical (unpaired) electrons. The van der Waals surface area contributed by atoms with E-state index in [0.29, 0.717) is 32.7 Å². The molecule has 10 nitrogen and oxygen atoms in total. The molecule has 5 aliphatic heterocycles. The molecule has 5 heterocycles. The average molecular weight is 1770 g/mol. The summed E-state index contributed by atoms with van der Waals surface area (Å²) < 4.78 is 30.1.